The molecule has 0 spiro atoms. The van der Waals surface area contributed by atoms with Crippen molar-refractivity contribution in [2.24, 2.45) is 16.1 Å². The zero-order chi connectivity index (χ0) is 7.23. The third-order valence-electron chi connectivity index (χ3n) is 1.82. The highest BCUT2D eigenvalue weighted by Gasteiger charge is 2.12. The molecule has 1 rings (SSSR count). The molecule has 1 saturated heterocycles. The Labute approximate surface area is 61.5 Å². The molecule has 0 amide bonds. The van der Waals surface area contributed by atoms with E-state index in [0.717, 1.165) is 38.5 Å². The van der Waals surface area contributed by atoms with Crippen molar-refractivity contribution in [1.82, 2.24) is 0 Å². The van der Waals surface area contributed by atoms with E-state index in [1.165, 1.54) is 0 Å². The van der Waals surface area contributed by atoms with Crippen LogP contribution in [0.4, 0.5) is 0 Å². The first-order valence-corrected chi connectivity index (χ1v) is 3.77. The summed E-state index contributed by atoms with van der Waals surface area (Å²) in [5.74, 6) is 0.720. The van der Waals surface area contributed by atoms with E-state index in [9.17, 15) is 0 Å². The van der Waals surface area contributed by atoms with Crippen molar-refractivity contribution in [3.63, 3.8) is 0 Å². The lowest BCUT2D eigenvalue weighted by atomic mass is 10.0. The van der Waals surface area contributed by atoms with Gasteiger partial charge >= 0.3 is 0 Å². The van der Waals surface area contributed by atoms with Gasteiger partial charge in [0.15, 0.2) is 0 Å². The normalized spacial score (nSPS) is 22.1. The van der Waals surface area contributed by atoms with Gasteiger partial charge in [0.1, 0.15) is 0 Å². The van der Waals surface area contributed by atoms with Crippen LogP contribution < -0.4 is 0 Å². The molecule has 0 unspecified atom stereocenters. The minimum absolute atomic E-state index is 0.720. The fourth-order valence-corrected chi connectivity index (χ4v) is 1.13. The van der Waals surface area contributed by atoms with Gasteiger partial charge in [0.2, 0.25) is 0 Å². The molecule has 0 aromatic carbocycles. The first-order valence-electron chi connectivity index (χ1n) is 3.77. The number of nitrogens with zero attached hydrogens (tertiary/aromatic N) is 2. The largest absolute Gasteiger partial charge is 0.381 e. The summed E-state index contributed by atoms with van der Waals surface area (Å²) < 4.78 is 5.21. The minimum atomic E-state index is 0.720. The fraction of sp³-hybridized carbons (Fsp3) is 1.00. The van der Waals surface area contributed by atoms with Crippen LogP contribution in [0, 0.1) is 5.92 Å². The number of azo groups is 1. The summed E-state index contributed by atoms with van der Waals surface area (Å²) in [6.07, 6.45) is 2.30. The van der Waals surface area contributed by atoms with Crippen molar-refractivity contribution in [3.05, 3.63) is 0 Å². The SMILES string of the molecule is CN=NCC1CCOCC1. The first kappa shape index (κ1) is 7.66. The molecule has 1 aliphatic heterocycles. The third-order valence-corrected chi connectivity index (χ3v) is 1.82. The quantitative estimate of drug-likeness (QED) is 0.538. The Hall–Kier alpha value is -0.440. The van der Waals surface area contributed by atoms with Crippen molar-refractivity contribution >= 4 is 0 Å². The number of rotatable bonds is 2. The Morgan fingerprint density at radius 3 is 2.70 bits per heavy atom. The van der Waals surface area contributed by atoms with Gasteiger partial charge in [-0.15, -0.1) is 0 Å². The van der Waals surface area contributed by atoms with Crippen molar-refractivity contribution in [2.45, 2.75) is 12.8 Å². The number of hydrogen-bond acceptors (Lipinski definition) is 3. The Kier molecular flexibility index (Phi) is 3.36. The molecule has 3 heteroatoms. The van der Waals surface area contributed by atoms with Crippen molar-refractivity contribution in [2.75, 3.05) is 26.8 Å². The van der Waals surface area contributed by atoms with Crippen LogP contribution in [-0.4, -0.2) is 26.8 Å². The van der Waals surface area contributed by atoms with Crippen LogP contribution in [0.25, 0.3) is 0 Å². The third kappa shape index (κ3) is 2.43. The van der Waals surface area contributed by atoms with Gasteiger partial charge in [-0.2, -0.15) is 10.2 Å². The van der Waals surface area contributed by atoms with Crippen LogP contribution >= 0.6 is 0 Å². The Bertz CT molecular complexity index is 108. The molecule has 0 aromatic rings. The second-order valence-corrected chi connectivity index (χ2v) is 2.58. The Morgan fingerprint density at radius 2 is 2.10 bits per heavy atom. The summed E-state index contributed by atoms with van der Waals surface area (Å²) in [6, 6.07) is 0. The molecule has 0 saturated carbocycles. The van der Waals surface area contributed by atoms with Crippen LogP contribution in [0.1, 0.15) is 12.8 Å². The average Bonchev–Trinajstić information content (AvgIpc) is 2.03. The summed E-state index contributed by atoms with van der Waals surface area (Å²) >= 11 is 0. The molecule has 0 atom stereocenters. The predicted octanol–water partition coefficient (Wildman–Crippen LogP) is 1.50. The van der Waals surface area contributed by atoms with Gasteiger partial charge in [-0.3, -0.25) is 0 Å². The van der Waals surface area contributed by atoms with Gasteiger partial charge < -0.3 is 4.74 Å². The van der Waals surface area contributed by atoms with Crippen LogP contribution in [0.5, 0.6) is 0 Å². The standard InChI is InChI=1S/C7H14N2O/c1-8-9-6-7-2-4-10-5-3-7/h7H,2-6H2,1H3. The molecule has 10 heavy (non-hydrogen) atoms. The average molecular weight is 142 g/mol. The molecular weight excluding hydrogens is 128 g/mol. The summed E-state index contributed by atoms with van der Waals surface area (Å²) in [6.45, 7) is 2.70. The topological polar surface area (TPSA) is 34.0 Å². The van der Waals surface area contributed by atoms with E-state index in [0.29, 0.717) is 0 Å². The Morgan fingerprint density at radius 1 is 1.40 bits per heavy atom. The Balaban J connectivity index is 2.13. The van der Waals surface area contributed by atoms with Gasteiger partial charge in [0.05, 0.1) is 6.54 Å². The molecule has 0 aromatic heterocycles. The zero-order valence-electron chi connectivity index (χ0n) is 6.42. The fourth-order valence-electron chi connectivity index (χ4n) is 1.13. The maximum Gasteiger partial charge on any atom is 0.0628 e. The van der Waals surface area contributed by atoms with Crippen LogP contribution in [-0.2, 0) is 4.74 Å². The second kappa shape index (κ2) is 4.39. The molecule has 3 nitrogen and oxygen atoms in total. The lowest BCUT2D eigenvalue weighted by Gasteiger charge is -2.19. The molecule has 1 aliphatic rings. The molecular formula is C7H14N2O. The van der Waals surface area contributed by atoms with Gasteiger partial charge in [0.25, 0.3) is 0 Å². The van der Waals surface area contributed by atoms with Crippen molar-refractivity contribution in [1.29, 1.82) is 0 Å². The number of ether oxygens (including phenoxy) is 1. The van der Waals surface area contributed by atoms with E-state index >= 15 is 0 Å². The lowest BCUT2D eigenvalue weighted by Crippen LogP contribution is -2.17. The highest BCUT2D eigenvalue weighted by molar-refractivity contribution is 4.64. The van der Waals surface area contributed by atoms with Crippen LogP contribution in [0.15, 0.2) is 10.2 Å². The van der Waals surface area contributed by atoms with Gasteiger partial charge in [-0.05, 0) is 18.8 Å². The minimum Gasteiger partial charge on any atom is -0.381 e. The predicted molar refractivity (Wildman–Crippen MR) is 39.2 cm³/mol. The second-order valence-electron chi connectivity index (χ2n) is 2.58. The monoisotopic (exact) mass is 142 g/mol. The van der Waals surface area contributed by atoms with Crippen LogP contribution in [0.3, 0.4) is 0 Å². The van der Waals surface area contributed by atoms with Crippen molar-refractivity contribution in [3.8, 4) is 0 Å². The maximum absolute atomic E-state index is 5.21. The molecule has 0 aliphatic carbocycles. The van der Waals surface area contributed by atoms with Gasteiger partial charge in [-0.1, -0.05) is 0 Å². The molecule has 0 N–H and O–H groups in total. The van der Waals surface area contributed by atoms with E-state index in [-0.39, 0.29) is 0 Å². The van der Waals surface area contributed by atoms with E-state index in [4.69, 9.17) is 4.74 Å². The van der Waals surface area contributed by atoms with Crippen LogP contribution in [0.2, 0.25) is 0 Å². The molecule has 1 heterocycles. The smallest absolute Gasteiger partial charge is 0.0628 e. The number of hydrogen-bond donors (Lipinski definition) is 0. The summed E-state index contributed by atoms with van der Waals surface area (Å²) in [4.78, 5) is 0. The molecule has 1 fully saturated rings. The molecule has 0 radical (unpaired) electrons. The molecule has 0 bridgehead atoms. The van der Waals surface area contributed by atoms with Gasteiger partial charge in [0, 0.05) is 20.3 Å². The van der Waals surface area contributed by atoms with Gasteiger partial charge in [-0.25, -0.2) is 0 Å². The highest BCUT2D eigenvalue weighted by atomic mass is 16.5. The summed E-state index contributed by atoms with van der Waals surface area (Å²) in [5.41, 5.74) is 0. The van der Waals surface area contributed by atoms with E-state index in [1.807, 2.05) is 0 Å². The highest BCUT2D eigenvalue weighted by Crippen LogP contribution is 2.14. The van der Waals surface area contributed by atoms with E-state index < -0.39 is 0 Å². The maximum atomic E-state index is 5.21. The summed E-state index contributed by atoms with van der Waals surface area (Å²) in [7, 11) is 1.72. The van der Waals surface area contributed by atoms with Crippen molar-refractivity contribution < 1.29 is 4.74 Å². The summed E-state index contributed by atoms with van der Waals surface area (Å²) in [5, 5.41) is 7.68. The molecule has 58 valence electrons. The lowest BCUT2D eigenvalue weighted by molar-refractivity contribution is 0.0685. The first-order chi connectivity index (χ1) is 4.93. The zero-order valence-corrected chi connectivity index (χ0v) is 6.42. The van der Waals surface area contributed by atoms with E-state index in [1.54, 1.807) is 7.05 Å². The van der Waals surface area contributed by atoms with E-state index in [2.05, 4.69) is 10.2 Å².